The molecule has 1 atom stereocenters. The van der Waals surface area contributed by atoms with Gasteiger partial charge in [-0.3, -0.25) is 10.1 Å². The van der Waals surface area contributed by atoms with Gasteiger partial charge in [0.2, 0.25) is 6.04 Å². The Morgan fingerprint density at radius 3 is 2.31 bits per heavy atom. The van der Waals surface area contributed by atoms with Crippen LogP contribution in [0.2, 0.25) is 0 Å². The summed E-state index contributed by atoms with van der Waals surface area (Å²) >= 11 is 0. The van der Waals surface area contributed by atoms with Crippen LogP contribution in [-0.4, -0.2) is 17.2 Å². The Morgan fingerprint density at radius 2 is 1.69 bits per heavy atom. The van der Waals surface area contributed by atoms with Crippen molar-refractivity contribution in [1.29, 1.82) is 0 Å². The molecule has 0 aromatic heterocycles. The van der Waals surface area contributed by atoms with Gasteiger partial charge in [-0.1, -0.05) is 18.2 Å². The molecule has 26 heavy (non-hydrogen) atoms. The first-order chi connectivity index (χ1) is 12.2. The van der Waals surface area contributed by atoms with Crippen LogP contribution in [0.5, 0.6) is 5.75 Å². The van der Waals surface area contributed by atoms with Crippen LogP contribution in [-0.2, 0) is 0 Å². The highest BCUT2D eigenvalue weighted by molar-refractivity contribution is 5.84. The summed E-state index contributed by atoms with van der Waals surface area (Å²) in [7, 11) is 0. The minimum absolute atomic E-state index is 0.101. The van der Waals surface area contributed by atoms with Crippen molar-refractivity contribution in [3.63, 3.8) is 0 Å². The van der Waals surface area contributed by atoms with Crippen molar-refractivity contribution in [3.05, 3.63) is 52.1 Å². The van der Waals surface area contributed by atoms with E-state index in [-0.39, 0.29) is 23.9 Å². The van der Waals surface area contributed by atoms with Crippen LogP contribution >= 0.6 is 0 Å². The average molecular weight is 367 g/mol. The average Bonchev–Trinajstić information content (AvgIpc) is 2.60. The summed E-state index contributed by atoms with van der Waals surface area (Å²) in [4.78, 5) is 10.6. The molecular weight excluding hydrogens is 347 g/mol. The zero-order valence-corrected chi connectivity index (χ0v) is 14.3. The number of hydrogen-bond donors (Lipinski definition) is 0. The third kappa shape index (κ3) is 4.08. The van der Waals surface area contributed by atoms with E-state index in [2.05, 4.69) is 0 Å². The van der Waals surface area contributed by atoms with E-state index in [0.29, 0.717) is 24.2 Å². The van der Waals surface area contributed by atoms with E-state index >= 15 is 0 Å². The molecular formula is C19H20F3NO3. The minimum Gasteiger partial charge on any atom is -0.490 e. The van der Waals surface area contributed by atoms with E-state index in [1.807, 2.05) is 12.1 Å². The molecule has 0 aliphatic heterocycles. The molecule has 2 aromatic rings. The highest BCUT2D eigenvalue weighted by Crippen LogP contribution is 2.38. The van der Waals surface area contributed by atoms with Gasteiger partial charge in [0.25, 0.3) is 0 Å². The van der Waals surface area contributed by atoms with Gasteiger partial charge >= 0.3 is 6.18 Å². The molecule has 3 rings (SSSR count). The summed E-state index contributed by atoms with van der Waals surface area (Å²) in [5.74, 6) is -0.607. The minimum atomic E-state index is -4.12. The normalized spacial score (nSPS) is 22.2. The molecule has 0 N–H and O–H groups in total. The van der Waals surface area contributed by atoms with E-state index < -0.39 is 18.1 Å². The molecule has 1 aliphatic rings. The molecule has 1 saturated carbocycles. The molecule has 0 bridgehead atoms. The molecule has 0 heterocycles. The van der Waals surface area contributed by atoms with Crippen LogP contribution in [0.3, 0.4) is 0 Å². The van der Waals surface area contributed by atoms with Crippen LogP contribution in [0.25, 0.3) is 10.8 Å². The van der Waals surface area contributed by atoms with Crippen molar-refractivity contribution in [2.24, 2.45) is 5.92 Å². The number of alkyl halides is 3. The Bertz CT molecular complexity index is 798. The van der Waals surface area contributed by atoms with Crippen LogP contribution in [0.15, 0.2) is 36.4 Å². The van der Waals surface area contributed by atoms with Gasteiger partial charge < -0.3 is 4.74 Å². The Labute approximate surface area is 149 Å². The molecule has 1 unspecified atom stereocenters. The largest absolute Gasteiger partial charge is 0.490 e. The van der Waals surface area contributed by atoms with Crippen LogP contribution < -0.4 is 4.74 Å². The smallest absolute Gasteiger partial charge is 0.391 e. The second-order valence-corrected chi connectivity index (χ2v) is 6.86. The second-order valence-electron chi connectivity index (χ2n) is 6.86. The van der Waals surface area contributed by atoms with Gasteiger partial charge in [0.1, 0.15) is 5.75 Å². The maximum atomic E-state index is 12.7. The first kappa shape index (κ1) is 18.5. The van der Waals surface area contributed by atoms with Crippen molar-refractivity contribution < 1.29 is 22.8 Å². The predicted octanol–water partition coefficient (Wildman–Crippen LogP) is 5.68. The van der Waals surface area contributed by atoms with Crippen molar-refractivity contribution in [3.8, 4) is 5.75 Å². The lowest BCUT2D eigenvalue weighted by Crippen LogP contribution is -2.31. The summed E-state index contributed by atoms with van der Waals surface area (Å²) in [5.41, 5.74) is 0.627. The van der Waals surface area contributed by atoms with Crippen LogP contribution in [0.4, 0.5) is 13.2 Å². The Morgan fingerprint density at radius 1 is 1.08 bits per heavy atom. The fourth-order valence-electron chi connectivity index (χ4n) is 3.40. The molecule has 4 nitrogen and oxygen atoms in total. The molecule has 1 fully saturated rings. The SMILES string of the molecule is CC(c1ccc2cc(OC3CCC(C(F)(F)F)CC3)ccc2c1)[N+](=O)[O-]. The summed E-state index contributed by atoms with van der Waals surface area (Å²) in [6, 6.07) is 9.93. The fraction of sp³-hybridized carbons (Fsp3) is 0.474. The summed E-state index contributed by atoms with van der Waals surface area (Å²) in [6.45, 7) is 1.54. The lowest BCUT2D eigenvalue weighted by atomic mass is 9.87. The zero-order chi connectivity index (χ0) is 18.9. The lowest BCUT2D eigenvalue weighted by molar-refractivity contribution is -0.524. The third-order valence-corrected chi connectivity index (χ3v) is 5.07. The molecule has 0 amide bonds. The van der Waals surface area contributed by atoms with E-state index in [1.54, 1.807) is 24.3 Å². The monoisotopic (exact) mass is 367 g/mol. The Hall–Kier alpha value is -2.31. The van der Waals surface area contributed by atoms with Crippen LogP contribution in [0.1, 0.15) is 44.2 Å². The van der Waals surface area contributed by atoms with E-state index in [4.69, 9.17) is 4.74 Å². The topological polar surface area (TPSA) is 52.4 Å². The number of ether oxygens (including phenoxy) is 1. The highest BCUT2D eigenvalue weighted by atomic mass is 19.4. The molecule has 0 spiro atoms. The van der Waals surface area contributed by atoms with Gasteiger partial charge in [-0.15, -0.1) is 0 Å². The van der Waals surface area contributed by atoms with Crippen molar-refractivity contribution in [2.75, 3.05) is 0 Å². The maximum Gasteiger partial charge on any atom is 0.391 e. The first-order valence-corrected chi connectivity index (χ1v) is 8.64. The van der Waals surface area contributed by atoms with Crippen molar-refractivity contribution in [1.82, 2.24) is 0 Å². The molecule has 7 heteroatoms. The van der Waals surface area contributed by atoms with E-state index in [1.165, 1.54) is 6.92 Å². The van der Waals surface area contributed by atoms with Gasteiger partial charge in [0.15, 0.2) is 0 Å². The lowest BCUT2D eigenvalue weighted by Gasteiger charge is -2.30. The first-order valence-electron chi connectivity index (χ1n) is 8.64. The Balaban J connectivity index is 1.68. The molecule has 0 saturated heterocycles. The van der Waals surface area contributed by atoms with Gasteiger partial charge in [-0.25, -0.2) is 0 Å². The number of benzene rings is 2. The number of halogens is 3. The van der Waals surface area contributed by atoms with Gasteiger partial charge in [0.05, 0.1) is 12.0 Å². The number of rotatable bonds is 4. The number of nitrogens with zero attached hydrogens (tertiary/aromatic N) is 1. The quantitative estimate of drug-likeness (QED) is 0.516. The summed E-state index contributed by atoms with van der Waals surface area (Å²) in [5, 5.41) is 12.7. The number of fused-ring (bicyclic) bond motifs is 1. The third-order valence-electron chi connectivity index (χ3n) is 5.07. The molecule has 2 aromatic carbocycles. The van der Waals surface area contributed by atoms with Gasteiger partial charge in [-0.2, -0.15) is 13.2 Å². The standard InChI is InChI=1S/C19H20F3NO3/c1-12(23(24)25)13-2-3-15-11-18(7-4-14(15)10-13)26-17-8-5-16(6-9-17)19(20,21)22/h2-4,7,10-12,16-17H,5-6,8-9H2,1H3. The van der Waals surface area contributed by atoms with E-state index in [0.717, 1.165) is 10.8 Å². The summed E-state index contributed by atoms with van der Waals surface area (Å²) < 4.78 is 44.0. The molecule has 0 radical (unpaired) electrons. The number of nitro groups is 1. The molecule has 140 valence electrons. The van der Waals surface area contributed by atoms with Gasteiger partial charge in [0, 0.05) is 17.4 Å². The van der Waals surface area contributed by atoms with Crippen LogP contribution in [0, 0.1) is 16.0 Å². The zero-order valence-electron chi connectivity index (χ0n) is 14.3. The van der Waals surface area contributed by atoms with Crippen molar-refractivity contribution >= 4 is 10.8 Å². The highest BCUT2D eigenvalue weighted by Gasteiger charge is 2.41. The maximum absolute atomic E-state index is 12.7. The fourth-order valence-corrected chi connectivity index (χ4v) is 3.40. The van der Waals surface area contributed by atoms with Crippen molar-refractivity contribution in [2.45, 2.75) is 50.9 Å². The molecule has 1 aliphatic carbocycles. The predicted molar refractivity (Wildman–Crippen MR) is 91.8 cm³/mol. The second kappa shape index (κ2) is 7.13. The van der Waals surface area contributed by atoms with E-state index in [9.17, 15) is 23.3 Å². The Kier molecular flexibility index (Phi) is 5.07. The summed E-state index contributed by atoms with van der Waals surface area (Å²) in [6.07, 6.45) is -3.34. The number of hydrogen-bond acceptors (Lipinski definition) is 3. The van der Waals surface area contributed by atoms with Gasteiger partial charge in [-0.05, 0) is 54.7 Å².